The maximum atomic E-state index is 11.4. The van der Waals surface area contributed by atoms with E-state index in [0.29, 0.717) is 0 Å². The average molecular weight is 187 g/mol. The van der Waals surface area contributed by atoms with Crippen LogP contribution in [0.4, 0.5) is 0 Å². The summed E-state index contributed by atoms with van der Waals surface area (Å²) in [6, 6.07) is -0.461. The third-order valence-electron chi connectivity index (χ3n) is 1.87. The molecular weight excluding hydrogens is 180 g/mol. The molecule has 0 aromatic rings. The molecular formula is C6H7ClN4O. The van der Waals surface area contributed by atoms with Gasteiger partial charge in [0.05, 0.1) is 6.34 Å². The van der Waals surface area contributed by atoms with Crippen LogP contribution in [-0.4, -0.2) is 47.2 Å². The van der Waals surface area contributed by atoms with Gasteiger partial charge in [0, 0.05) is 18.8 Å². The standard InChI is InChI=1S/C6H7ClN4O/c1-10-2-9-5-4(6(10)12)8-3-11(5)7/h2-5H,1H3. The van der Waals surface area contributed by atoms with Gasteiger partial charge in [-0.1, -0.05) is 0 Å². The second-order valence-electron chi connectivity index (χ2n) is 2.68. The molecule has 2 atom stereocenters. The van der Waals surface area contributed by atoms with Crippen molar-refractivity contribution in [2.75, 3.05) is 7.05 Å². The van der Waals surface area contributed by atoms with Gasteiger partial charge >= 0.3 is 0 Å². The lowest BCUT2D eigenvalue weighted by molar-refractivity contribution is -0.128. The van der Waals surface area contributed by atoms with Gasteiger partial charge in [0.2, 0.25) is 0 Å². The normalized spacial score (nSPS) is 33.0. The van der Waals surface area contributed by atoms with Crippen LogP contribution in [0.5, 0.6) is 0 Å². The van der Waals surface area contributed by atoms with Gasteiger partial charge in [0.1, 0.15) is 6.34 Å². The van der Waals surface area contributed by atoms with E-state index in [1.54, 1.807) is 7.05 Å². The maximum absolute atomic E-state index is 11.4. The molecule has 2 aliphatic rings. The van der Waals surface area contributed by atoms with Crippen molar-refractivity contribution >= 4 is 30.4 Å². The third-order valence-corrected chi connectivity index (χ3v) is 2.15. The smallest absolute Gasteiger partial charge is 0.256 e. The fraction of sp³-hybridized carbons (Fsp3) is 0.500. The number of nitrogens with zero attached hydrogens (tertiary/aromatic N) is 4. The van der Waals surface area contributed by atoms with Gasteiger partial charge in [-0.05, 0) is 0 Å². The fourth-order valence-electron chi connectivity index (χ4n) is 1.19. The highest BCUT2D eigenvalue weighted by atomic mass is 35.5. The Morgan fingerprint density at radius 2 is 2.25 bits per heavy atom. The second kappa shape index (κ2) is 2.45. The van der Waals surface area contributed by atoms with Gasteiger partial charge in [0.15, 0.2) is 12.2 Å². The van der Waals surface area contributed by atoms with Crippen LogP contribution >= 0.6 is 11.8 Å². The first kappa shape index (κ1) is 7.54. The minimum absolute atomic E-state index is 0.0746. The quantitative estimate of drug-likeness (QED) is 0.487. The number of carbonyl (C=O) groups is 1. The van der Waals surface area contributed by atoms with Crippen LogP contribution < -0.4 is 0 Å². The van der Waals surface area contributed by atoms with Crippen LogP contribution in [-0.2, 0) is 4.79 Å². The molecule has 5 nitrogen and oxygen atoms in total. The van der Waals surface area contributed by atoms with E-state index in [4.69, 9.17) is 11.8 Å². The van der Waals surface area contributed by atoms with Crippen molar-refractivity contribution in [2.45, 2.75) is 12.2 Å². The molecule has 2 unspecified atom stereocenters. The highest BCUT2D eigenvalue weighted by Gasteiger charge is 2.39. The first-order valence-electron chi connectivity index (χ1n) is 3.47. The number of carbonyl (C=O) groups excluding carboxylic acids is 1. The minimum Gasteiger partial charge on any atom is -0.304 e. The SMILES string of the molecule is CN1C=NC2C(N=CN2Cl)C1=O. The van der Waals surface area contributed by atoms with E-state index in [1.807, 2.05) is 0 Å². The summed E-state index contributed by atoms with van der Waals surface area (Å²) in [6.45, 7) is 0. The first-order chi connectivity index (χ1) is 5.70. The zero-order chi connectivity index (χ0) is 8.72. The van der Waals surface area contributed by atoms with Gasteiger partial charge in [0.25, 0.3) is 5.91 Å². The second-order valence-corrected chi connectivity index (χ2v) is 3.07. The van der Waals surface area contributed by atoms with Crippen molar-refractivity contribution in [1.82, 2.24) is 9.32 Å². The third kappa shape index (κ3) is 0.896. The molecule has 6 heteroatoms. The molecule has 2 aliphatic heterocycles. The molecule has 2 rings (SSSR count). The molecule has 12 heavy (non-hydrogen) atoms. The number of halogens is 1. The Bertz CT molecular complexity index is 277. The Morgan fingerprint density at radius 1 is 1.50 bits per heavy atom. The lowest BCUT2D eigenvalue weighted by Gasteiger charge is -2.25. The number of rotatable bonds is 0. The largest absolute Gasteiger partial charge is 0.304 e. The predicted molar refractivity (Wildman–Crippen MR) is 45.0 cm³/mol. The van der Waals surface area contributed by atoms with E-state index in [-0.39, 0.29) is 12.1 Å². The summed E-state index contributed by atoms with van der Waals surface area (Å²) in [6.07, 6.45) is 2.54. The Labute approximate surface area is 74.4 Å². The van der Waals surface area contributed by atoms with Crippen LogP contribution in [0.25, 0.3) is 0 Å². The van der Waals surface area contributed by atoms with E-state index in [2.05, 4.69) is 9.98 Å². The van der Waals surface area contributed by atoms with Crippen LogP contribution in [0.1, 0.15) is 0 Å². The fourth-order valence-corrected chi connectivity index (χ4v) is 1.39. The molecule has 2 heterocycles. The van der Waals surface area contributed by atoms with Crippen LogP contribution in [0.3, 0.4) is 0 Å². The maximum Gasteiger partial charge on any atom is 0.256 e. The number of hydrogen-bond donors (Lipinski definition) is 0. The van der Waals surface area contributed by atoms with E-state index < -0.39 is 6.04 Å². The molecule has 0 saturated carbocycles. The molecule has 0 bridgehead atoms. The van der Waals surface area contributed by atoms with Gasteiger partial charge in [-0.2, -0.15) is 0 Å². The topological polar surface area (TPSA) is 48.3 Å². The minimum atomic E-state index is -0.461. The zero-order valence-corrected chi connectivity index (χ0v) is 7.14. The molecule has 1 amide bonds. The van der Waals surface area contributed by atoms with Crippen molar-refractivity contribution in [1.29, 1.82) is 0 Å². The number of likely N-dealkylation sites (N-methyl/N-ethyl adjacent to an activating group) is 1. The predicted octanol–water partition coefficient (Wildman–Crippen LogP) is -0.321. The molecule has 0 radical (unpaired) electrons. The monoisotopic (exact) mass is 186 g/mol. The van der Waals surface area contributed by atoms with E-state index in [0.717, 1.165) is 0 Å². The molecule has 0 aliphatic carbocycles. The van der Waals surface area contributed by atoms with E-state index in [1.165, 1.54) is 22.0 Å². The molecule has 0 saturated heterocycles. The summed E-state index contributed by atoms with van der Waals surface area (Å²) in [4.78, 5) is 20.8. The van der Waals surface area contributed by atoms with Crippen LogP contribution in [0, 0.1) is 0 Å². The van der Waals surface area contributed by atoms with Gasteiger partial charge in [-0.15, -0.1) is 0 Å². The molecule has 64 valence electrons. The zero-order valence-electron chi connectivity index (χ0n) is 6.38. The summed E-state index contributed by atoms with van der Waals surface area (Å²) in [5, 5.41) is 0. The number of amides is 1. The summed E-state index contributed by atoms with van der Waals surface area (Å²) in [5.41, 5.74) is 0. The molecule has 0 aromatic carbocycles. The Kier molecular flexibility index (Phi) is 1.54. The molecule has 0 aromatic heterocycles. The number of fused-ring (bicyclic) bond motifs is 1. The lowest BCUT2D eigenvalue weighted by Crippen LogP contribution is -2.46. The molecule has 0 fully saturated rings. The van der Waals surface area contributed by atoms with Crippen LogP contribution in [0.15, 0.2) is 9.98 Å². The van der Waals surface area contributed by atoms with Gasteiger partial charge in [-0.3, -0.25) is 9.79 Å². The molecule has 0 spiro atoms. The van der Waals surface area contributed by atoms with Crippen molar-refractivity contribution < 1.29 is 4.79 Å². The summed E-state index contributed by atoms with van der Waals surface area (Å²) < 4.78 is 1.31. The highest BCUT2D eigenvalue weighted by molar-refractivity contribution is 6.20. The average Bonchev–Trinajstić information content (AvgIpc) is 2.41. The van der Waals surface area contributed by atoms with Crippen molar-refractivity contribution in [3.8, 4) is 0 Å². The first-order valence-corrected chi connectivity index (χ1v) is 3.81. The van der Waals surface area contributed by atoms with Gasteiger partial charge in [-0.25, -0.2) is 9.41 Å². The molecule has 0 N–H and O–H groups in total. The lowest BCUT2D eigenvalue weighted by atomic mass is 10.2. The Morgan fingerprint density at radius 3 is 3.00 bits per heavy atom. The number of hydrogen-bond acceptors (Lipinski definition) is 4. The summed E-state index contributed by atoms with van der Waals surface area (Å²) in [7, 11) is 1.65. The highest BCUT2D eigenvalue weighted by Crippen LogP contribution is 2.20. The van der Waals surface area contributed by atoms with Gasteiger partial charge < -0.3 is 4.90 Å². The van der Waals surface area contributed by atoms with Crippen molar-refractivity contribution in [3.63, 3.8) is 0 Å². The van der Waals surface area contributed by atoms with E-state index in [9.17, 15) is 4.79 Å². The van der Waals surface area contributed by atoms with Crippen molar-refractivity contribution in [3.05, 3.63) is 0 Å². The summed E-state index contributed by atoms with van der Waals surface area (Å²) >= 11 is 5.70. The van der Waals surface area contributed by atoms with E-state index >= 15 is 0 Å². The Balaban J connectivity index is 2.31. The van der Waals surface area contributed by atoms with Crippen LogP contribution in [0.2, 0.25) is 0 Å². The van der Waals surface area contributed by atoms with Crippen molar-refractivity contribution in [2.24, 2.45) is 9.98 Å². The Hall–Kier alpha value is -1.10. The number of aliphatic imine (C=N–C) groups is 2. The summed E-state index contributed by atoms with van der Waals surface area (Å²) in [5.74, 6) is -0.0746.